The van der Waals surface area contributed by atoms with Gasteiger partial charge in [0.15, 0.2) is 5.09 Å². The van der Waals surface area contributed by atoms with E-state index in [1.807, 2.05) is 19.1 Å². The van der Waals surface area contributed by atoms with Gasteiger partial charge in [-0.05, 0) is 51.1 Å². The van der Waals surface area contributed by atoms with E-state index < -0.39 is 0 Å². The quantitative estimate of drug-likeness (QED) is 0.868. The molecule has 1 N–H and O–H groups in total. The van der Waals surface area contributed by atoms with Gasteiger partial charge in [0.25, 0.3) is 0 Å². The van der Waals surface area contributed by atoms with Gasteiger partial charge in [-0.25, -0.2) is 0 Å². The molecule has 0 spiro atoms. The highest BCUT2D eigenvalue weighted by atomic mass is 32.2. The van der Waals surface area contributed by atoms with E-state index in [2.05, 4.69) is 41.4 Å². The van der Waals surface area contributed by atoms with Crippen molar-refractivity contribution in [2.75, 3.05) is 19.6 Å². The average molecular weight is 344 g/mol. The maximum absolute atomic E-state index is 11.9. The fourth-order valence-corrected chi connectivity index (χ4v) is 3.74. The third kappa shape index (κ3) is 4.42. The lowest BCUT2D eigenvalue weighted by Crippen LogP contribution is -2.32. The molecule has 4 nitrogen and oxygen atoms in total. The summed E-state index contributed by atoms with van der Waals surface area (Å²) in [5, 5.41) is 3.83. The van der Waals surface area contributed by atoms with Crippen LogP contribution in [0.2, 0.25) is 0 Å². The van der Waals surface area contributed by atoms with E-state index in [0.29, 0.717) is 6.54 Å². The van der Waals surface area contributed by atoms with Crippen LogP contribution in [0.5, 0.6) is 0 Å². The Morgan fingerprint density at radius 1 is 1.29 bits per heavy atom. The zero-order valence-electron chi connectivity index (χ0n) is 14.2. The molecule has 0 unspecified atom stereocenters. The van der Waals surface area contributed by atoms with Gasteiger partial charge >= 0.3 is 0 Å². The minimum atomic E-state index is 0.112. The molecule has 0 saturated carbocycles. The molecule has 0 aliphatic carbocycles. The molecule has 5 heteroatoms. The topological polar surface area (TPSA) is 45.5 Å². The minimum absolute atomic E-state index is 0.112. The summed E-state index contributed by atoms with van der Waals surface area (Å²) in [7, 11) is 0. The predicted octanol–water partition coefficient (Wildman–Crippen LogP) is 3.70. The van der Waals surface area contributed by atoms with Gasteiger partial charge in [0.05, 0.1) is 12.5 Å². The molecular formula is C19H24N2O2S. The van der Waals surface area contributed by atoms with Crippen LogP contribution in [0.1, 0.15) is 24.7 Å². The number of benzene rings is 1. The number of aryl methyl sites for hydroxylation is 1. The number of likely N-dealkylation sites (tertiary alicyclic amines) is 1. The maximum Gasteiger partial charge on any atom is 0.224 e. The molecule has 0 bridgehead atoms. The van der Waals surface area contributed by atoms with E-state index in [4.69, 9.17) is 4.42 Å². The van der Waals surface area contributed by atoms with Crippen molar-refractivity contribution < 1.29 is 9.21 Å². The summed E-state index contributed by atoms with van der Waals surface area (Å²) in [5.41, 5.74) is 1.26. The van der Waals surface area contributed by atoms with Crippen LogP contribution in [-0.2, 0) is 11.3 Å². The second-order valence-corrected chi connectivity index (χ2v) is 7.33. The van der Waals surface area contributed by atoms with Crippen LogP contribution in [0.15, 0.2) is 50.8 Å². The summed E-state index contributed by atoms with van der Waals surface area (Å²) in [6.45, 7) is 7.28. The molecule has 1 aromatic heterocycles. The van der Waals surface area contributed by atoms with E-state index in [1.165, 1.54) is 10.5 Å². The fraction of sp³-hybridized carbons (Fsp3) is 0.421. The van der Waals surface area contributed by atoms with Crippen LogP contribution < -0.4 is 5.32 Å². The monoisotopic (exact) mass is 344 g/mol. The van der Waals surface area contributed by atoms with Crippen LogP contribution >= 0.6 is 11.8 Å². The zero-order chi connectivity index (χ0) is 16.9. The van der Waals surface area contributed by atoms with Gasteiger partial charge in [0, 0.05) is 18.0 Å². The summed E-state index contributed by atoms with van der Waals surface area (Å²) in [5.74, 6) is 1.25. The molecule has 1 aliphatic rings. The maximum atomic E-state index is 11.9. The first kappa shape index (κ1) is 17.1. The smallest absolute Gasteiger partial charge is 0.224 e. The number of nitrogens with zero attached hydrogens (tertiary/aromatic N) is 1. The second-order valence-electron chi connectivity index (χ2n) is 6.25. The number of amides is 1. The van der Waals surface area contributed by atoms with Gasteiger partial charge in [-0.3, -0.25) is 9.69 Å². The standard InChI is InChI=1S/C19H24N2O2S/c1-3-20-19(22)15-10-11-21(12-15)13-16-6-9-18(23-16)24-17-7-4-14(2)5-8-17/h4-9,15H,3,10-13H2,1-2H3,(H,20,22)/t15-/m0/s1. The number of carbonyl (C=O) groups is 1. The van der Waals surface area contributed by atoms with Crippen molar-refractivity contribution in [3.63, 3.8) is 0 Å². The molecule has 2 aromatic rings. The summed E-state index contributed by atoms with van der Waals surface area (Å²) in [4.78, 5) is 15.4. The highest BCUT2D eigenvalue weighted by Crippen LogP contribution is 2.30. The Labute approximate surface area is 147 Å². The molecular weight excluding hydrogens is 320 g/mol. The first-order chi connectivity index (χ1) is 11.6. The third-order valence-electron chi connectivity index (χ3n) is 4.25. The van der Waals surface area contributed by atoms with Gasteiger partial charge in [-0.1, -0.05) is 29.5 Å². The predicted molar refractivity (Wildman–Crippen MR) is 96.1 cm³/mol. The molecule has 128 valence electrons. The van der Waals surface area contributed by atoms with Crippen LogP contribution in [-0.4, -0.2) is 30.4 Å². The normalized spacial score (nSPS) is 18.0. The summed E-state index contributed by atoms with van der Waals surface area (Å²) >= 11 is 1.64. The molecule has 0 radical (unpaired) electrons. The summed E-state index contributed by atoms with van der Waals surface area (Å²) in [6.07, 6.45) is 0.928. The highest BCUT2D eigenvalue weighted by Gasteiger charge is 2.28. The van der Waals surface area contributed by atoms with Gasteiger partial charge < -0.3 is 9.73 Å². The van der Waals surface area contributed by atoms with E-state index in [1.54, 1.807) is 11.8 Å². The fourth-order valence-electron chi connectivity index (χ4n) is 2.95. The molecule has 3 rings (SSSR count). The van der Waals surface area contributed by atoms with Crippen LogP contribution in [0.4, 0.5) is 0 Å². The lowest BCUT2D eigenvalue weighted by Gasteiger charge is -2.14. The molecule has 2 heterocycles. The first-order valence-corrected chi connectivity index (χ1v) is 9.29. The van der Waals surface area contributed by atoms with Crippen molar-refractivity contribution in [2.24, 2.45) is 5.92 Å². The van der Waals surface area contributed by atoms with Crippen LogP contribution in [0.25, 0.3) is 0 Å². The van der Waals surface area contributed by atoms with Crippen molar-refractivity contribution in [3.8, 4) is 0 Å². The molecule has 1 fully saturated rings. The minimum Gasteiger partial charge on any atom is -0.453 e. The van der Waals surface area contributed by atoms with Gasteiger partial charge in [0.2, 0.25) is 5.91 Å². The Bertz CT molecular complexity index is 681. The first-order valence-electron chi connectivity index (χ1n) is 8.47. The second kappa shape index (κ2) is 7.90. The van der Waals surface area contributed by atoms with Crippen molar-refractivity contribution in [3.05, 3.63) is 47.7 Å². The van der Waals surface area contributed by atoms with Gasteiger partial charge in [-0.2, -0.15) is 0 Å². The number of carbonyl (C=O) groups excluding carboxylic acids is 1. The van der Waals surface area contributed by atoms with Crippen molar-refractivity contribution in [2.45, 2.75) is 36.8 Å². The highest BCUT2D eigenvalue weighted by molar-refractivity contribution is 7.99. The van der Waals surface area contributed by atoms with E-state index in [0.717, 1.165) is 36.9 Å². The number of furan rings is 1. The number of nitrogens with one attached hydrogen (secondary N) is 1. The van der Waals surface area contributed by atoms with E-state index >= 15 is 0 Å². The van der Waals surface area contributed by atoms with Crippen molar-refractivity contribution in [1.82, 2.24) is 10.2 Å². The van der Waals surface area contributed by atoms with Gasteiger partial charge in [-0.15, -0.1) is 0 Å². The summed E-state index contributed by atoms with van der Waals surface area (Å²) in [6, 6.07) is 12.5. The number of hydrogen-bond donors (Lipinski definition) is 1. The van der Waals surface area contributed by atoms with Gasteiger partial charge in [0.1, 0.15) is 5.76 Å². The SMILES string of the molecule is CCNC(=O)[C@H]1CCN(Cc2ccc(Sc3ccc(C)cc3)o2)C1. The third-order valence-corrected chi connectivity index (χ3v) is 5.18. The van der Waals surface area contributed by atoms with E-state index in [9.17, 15) is 4.79 Å². The van der Waals surface area contributed by atoms with E-state index in [-0.39, 0.29) is 11.8 Å². The van der Waals surface area contributed by atoms with Crippen molar-refractivity contribution >= 4 is 17.7 Å². The van der Waals surface area contributed by atoms with Crippen LogP contribution in [0, 0.1) is 12.8 Å². The van der Waals surface area contributed by atoms with Crippen LogP contribution in [0.3, 0.4) is 0 Å². The number of rotatable bonds is 6. The number of hydrogen-bond acceptors (Lipinski definition) is 4. The Morgan fingerprint density at radius 3 is 2.83 bits per heavy atom. The zero-order valence-corrected chi connectivity index (χ0v) is 15.1. The Morgan fingerprint density at radius 2 is 2.08 bits per heavy atom. The molecule has 24 heavy (non-hydrogen) atoms. The molecule has 1 aliphatic heterocycles. The summed E-state index contributed by atoms with van der Waals surface area (Å²) < 4.78 is 5.94. The Kier molecular flexibility index (Phi) is 5.63. The lowest BCUT2D eigenvalue weighted by molar-refractivity contribution is -0.124. The van der Waals surface area contributed by atoms with Crippen molar-refractivity contribution in [1.29, 1.82) is 0 Å². The molecule has 1 aromatic carbocycles. The Hall–Kier alpha value is -1.72. The molecule has 1 atom stereocenters. The Balaban J connectivity index is 1.53. The average Bonchev–Trinajstić information content (AvgIpc) is 3.20. The molecule has 1 saturated heterocycles. The largest absolute Gasteiger partial charge is 0.453 e. The lowest BCUT2D eigenvalue weighted by atomic mass is 10.1. The molecule has 1 amide bonds.